The first-order chi connectivity index (χ1) is 12.1. The second kappa shape index (κ2) is 7.48. The van der Waals surface area contributed by atoms with Crippen LogP contribution in [0.5, 0.6) is 0 Å². The molecule has 0 aromatic carbocycles. The van der Waals surface area contributed by atoms with Crippen LogP contribution in [-0.4, -0.2) is 57.4 Å². The number of carbonyl (C=O) groups excluding carboxylic acids is 1. The Morgan fingerprint density at radius 3 is 2.92 bits per heavy atom. The Bertz CT molecular complexity index is 717. The van der Waals surface area contributed by atoms with E-state index in [4.69, 9.17) is 4.42 Å². The van der Waals surface area contributed by atoms with Crippen molar-refractivity contribution in [2.45, 2.75) is 31.5 Å². The number of carbonyl (C=O) groups is 2. The van der Waals surface area contributed by atoms with E-state index in [1.165, 1.54) is 17.4 Å². The Hall–Kier alpha value is -2.67. The van der Waals surface area contributed by atoms with E-state index in [9.17, 15) is 14.7 Å². The van der Waals surface area contributed by atoms with Gasteiger partial charge < -0.3 is 14.4 Å². The van der Waals surface area contributed by atoms with E-state index in [-0.39, 0.29) is 11.9 Å². The van der Waals surface area contributed by atoms with Gasteiger partial charge in [-0.15, -0.1) is 0 Å². The van der Waals surface area contributed by atoms with Gasteiger partial charge in [-0.2, -0.15) is 0 Å². The van der Waals surface area contributed by atoms with Crippen LogP contribution in [0.25, 0.3) is 0 Å². The monoisotopic (exact) mass is 343 g/mol. The fraction of sp³-hybridized carbons (Fsp3) is 0.389. The first-order valence-corrected chi connectivity index (χ1v) is 8.21. The van der Waals surface area contributed by atoms with Crippen molar-refractivity contribution < 1.29 is 19.1 Å². The van der Waals surface area contributed by atoms with E-state index in [1.807, 2.05) is 25.4 Å². The number of nitrogens with zero attached hydrogens (tertiary/aromatic N) is 3. The third-order valence-electron chi connectivity index (χ3n) is 4.67. The van der Waals surface area contributed by atoms with Crippen molar-refractivity contribution in [1.29, 1.82) is 0 Å². The smallest absolute Gasteiger partial charge is 0.326 e. The maximum Gasteiger partial charge on any atom is 0.326 e. The lowest BCUT2D eigenvalue weighted by atomic mass is 9.95. The molecule has 1 aliphatic heterocycles. The summed E-state index contributed by atoms with van der Waals surface area (Å²) in [6.45, 7) is 1.10. The lowest BCUT2D eigenvalue weighted by molar-refractivity contribution is -0.144. The van der Waals surface area contributed by atoms with E-state index in [2.05, 4.69) is 9.88 Å². The first kappa shape index (κ1) is 17.2. The summed E-state index contributed by atoms with van der Waals surface area (Å²) in [5.41, 5.74) is 1.46. The summed E-state index contributed by atoms with van der Waals surface area (Å²) >= 11 is 0. The molecule has 0 bridgehead atoms. The summed E-state index contributed by atoms with van der Waals surface area (Å²) in [5, 5.41) is 9.60. The molecule has 3 heterocycles. The van der Waals surface area contributed by atoms with Crippen molar-refractivity contribution >= 4 is 11.9 Å². The zero-order valence-corrected chi connectivity index (χ0v) is 14.0. The number of amides is 1. The number of carboxylic acid groups (broad SMARTS) is 1. The van der Waals surface area contributed by atoms with Gasteiger partial charge in [-0.25, -0.2) is 4.79 Å². The lowest BCUT2D eigenvalue weighted by Gasteiger charge is -2.40. The third kappa shape index (κ3) is 3.88. The van der Waals surface area contributed by atoms with E-state index < -0.39 is 12.0 Å². The number of aliphatic carboxylic acids is 1. The van der Waals surface area contributed by atoms with Crippen molar-refractivity contribution in [2.24, 2.45) is 0 Å². The van der Waals surface area contributed by atoms with Crippen LogP contribution in [0.1, 0.15) is 28.8 Å². The minimum absolute atomic E-state index is 0.0923. The third-order valence-corrected chi connectivity index (χ3v) is 4.67. The van der Waals surface area contributed by atoms with Crippen LogP contribution in [0.15, 0.2) is 47.5 Å². The molecule has 2 aromatic heterocycles. The van der Waals surface area contributed by atoms with Gasteiger partial charge in [0, 0.05) is 31.5 Å². The predicted octanol–water partition coefficient (Wildman–Crippen LogP) is 1.86. The van der Waals surface area contributed by atoms with Crippen LogP contribution in [-0.2, 0) is 11.3 Å². The van der Waals surface area contributed by atoms with Gasteiger partial charge in [0.05, 0.1) is 11.8 Å². The summed E-state index contributed by atoms with van der Waals surface area (Å²) < 4.78 is 4.94. The molecule has 7 heteroatoms. The normalized spacial score (nSPS) is 20.6. The highest BCUT2D eigenvalue weighted by atomic mass is 16.4. The fourth-order valence-electron chi connectivity index (χ4n) is 3.29. The number of carboxylic acids is 1. The average molecular weight is 343 g/mol. The number of rotatable bonds is 5. The first-order valence-electron chi connectivity index (χ1n) is 8.21. The Balaban J connectivity index is 1.68. The number of piperidine rings is 1. The molecule has 0 saturated carbocycles. The number of furan rings is 1. The second-order valence-corrected chi connectivity index (χ2v) is 6.32. The molecule has 3 rings (SSSR count). The highest BCUT2D eigenvalue weighted by molar-refractivity contribution is 5.96. The summed E-state index contributed by atoms with van der Waals surface area (Å²) in [6, 6.07) is 4.69. The van der Waals surface area contributed by atoms with Gasteiger partial charge in [0.1, 0.15) is 12.3 Å². The molecule has 2 aromatic rings. The van der Waals surface area contributed by atoms with Gasteiger partial charge in [0.15, 0.2) is 0 Å². The molecular weight excluding hydrogens is 322 g/mol. The highest BCUT2D eigenvalue weighted by Crippen LogP contribution is 2.24. The molecule has 25 heavy (non-hydrogen) atoms. The molecule has 0 radical (unpaired) electrons. The molecule has 1 fully saturated rings. The Morgan fingerprint density at radius 1 is 1.44 bits per heavy atom. The van der Waals surface area contributed by atoms with E-state index >= 15 is 0 Å². The number of likely N-dealkylation sites (tertiary alicyclic amines) is 1. The second-order valence-electron chi connectivity index (χ2n) is 6.32. The van der Waals surface area contributed by atoms with Crippen molar-refractivity contribution in [2.75, 3.05) is 13.6 Å². The number of aromatic nitrogens is 1. The lowest BCUT2D eigenvalue weighted by Crippen LogP contribution is -2.54. The zero-order chi connectivity index (χ0) is 17.8. The van der Waals surface area contributed by atoms with Gasteiger partial charge in [0.25, 0.3) is 5.91 Å². The van der Waals surface area contributed by atoms with E-state index in [0.717, 1.165) is 12.0 Å². The summed E-state index contributed by atoms with van der Waals surface area (Å²) in [6.07, 6.45) is 7.42. The molecule has 1 amide bonds. The van der Waals surface area contributed by atoms with Crippen LogP contribution in [0.3, 0.4) is 0 Å². The molecule has 0 unspecified atom stereocenters. The van der Waals surface area contributed by atoms with Crippen LogP contribution >= 0.6 is 0 Å². The summed E-state index contributed by atoms with van der Waals surface area (Å²) in [5.74, 6) is -1.27. The topological polar surface area (TPSA) is 86.9 Å². The maximum absolute atomic E-state index is 12.5. The van der Waals surface area contributed by atoms with Gasteiger partial charge in [-0.1, -0.05) is 6.07 Å². The van der Waals surface area contributed by atoms with Gasteiger partial charge in [0.2, 0.25) is 0 Å². The molecule has 1 N–H and O–H groups in total. The minimum atomic E-state index is -0.976. The molecule has 7 nitrogen and oxygen atoms in total. The van der Waals surface area contributed by atoms with Crippen LogP contribution in [0, 0.1) is 0 Å². The largest absolute Gasteiger partial charge is 0.480 e. The van der Waals surface area contributed by atoms with Crippen molar-refractivity contribution in [1.82, 2.24) is 14.8 Å². The molecule has 0 aliphatic carbocycles. The van der Waals surface area contributed by atoms with Gasteiger partial charge >= 0.3 is 5.97 Å². The molecule has 132 valence electrons. The van der Waals surface area contributed by atoms with Crippen molar-refractivity contribution in [3.8, 4) is 0 Å². The van der Waals surface area contributed by atoms with Gasteiger partial charge in [-0.3, -0.25) is 14.7 Å². The minimum Gasteiger partial charge on any atom is -0.480 e. The Kier molecular flexibility index (Phi) is 5.14. The Labute approximate surface area is 145 Å². The summed E-state index contributed by atoms with van der Waals surface area (Å²) in [7, 11) is 1.98. The highest BCUT2D eigenvalue weighted by Gasteiger charge is 2.38. The average Bonchev–Trinajstić information content (AvgIpc) is 3.16. The van der Waals surface area contributed by atoms with Crippen molar-refractivity contribution in [3.05, 3.63) is 54.2 Å². The fourth-order valence-corrected chi connectivity index (χ4v) is 3.29. The molecule has 1 saturated heterocycles. The maximum atomic E-state index is 12.5. The van der Waals surface area contributed by atoms with Crippen LogP contribution in [0.4, 0.5) is 0 Å². The van der Waals surface area contributed by atoms with Crippen LogP contribution < -0.4 is 0 Å². The Morgan fingerprint density at radius 2 is 2.28 bits per heavy atom. The van der Waals surface area contributed by atoms with E-state index in [0.29, 0.717) is 25.1 Å². The SMILES string of the molecule is CN(Cc1cccnc1)[C@H]1CCN(C(=O)c2ccoc2)[C@H](C(=O)O)C1. The molecule has 2 atom stereocenters. The number of pyridine rings is 1. The van der Waals surface area contributed by atoms with Crippen molar-refractivity contribution in [3.63, 3.8) is 0 Å². The molecule has 1 aliphatic rings. The standard InChI is InChI=1S/C18H21N3O4/c1-20(11-13-3-2-6-19-10-13)15-4-7-21(16(9-15)18(23)24)17(22)14-5-8-25-12-14/h2-3,5-6,8,10,12,15-16H,4,7,9,11H2,1H3,(H,23,24)/t15-,16-/m0/s1. The van der Waals surface area contributed by atoms with Gasteiger partial charge in [-0.05, 0) is 37.6 Å². The van der Waals surface area contributed by atoms with E-state index in [1.54, 1.807) is 12.3 Å². The number of hydrogen-bond donors (Lipinski definition) is 1. The quantitative estimate of drug-likeness (QED) is 0.892. The number of hydrogen-bond acceptors (Lipinski definition) is 5. The zero-order valence-electron chi connectivity index (χ0n) is 14.0. The summed E-state index contributed by atoms with van der Waals surface area (Å²) in [4.78, 5) is 31.9. The molecular formula is C18H21N3O4. The predicted molar refractivity (Wildman–Crippen MR) is 89.9 cm³/mol. The van der Waals surface area contributed by atoms with Crippen LogP contribution in [0.2, 0.25) is 0 Å². The molecule has 0 spiro atoms.